The van der Waals surface area contributed by atoms with Crippen LogP contribution in [0.25, 0.3) is 0 Å². The number of hydrogen-bond acceptors (Lipinski definition) is 5. The van der Waals surface area contributed by atoms with Gasteiger partial charge in [-0.2, -0.15) is 4.98 Å². The van der Waals surface area contributed by atoms with Crippen LogP contribution in [0.4, 0.5) is 0 Å². The highest BCUT2D eigenvalue weighted by atomic mass is 32.1. The summed E-state index contributed by atoms with van der Waals surface area (Å²) in [5, 5.41) is 9.66. The van der Waals surface area contributed by atoms with E-state index in [1.54, 1.807) is 0 Å². The molecule has 0 amide bonds. The summed E-state index contributed by atoms with van der Waals surface area (Å²) in [4.78, 5) is 5.95. The second-order valence-electron chi connectivity index (χ2n) is 5.08. The molecule has 2 aromatic heterocycles. The topological polar surface area (TPSA) is 51.0 Å². The Kier molecular flexibility index (Phi) is 3.18. The molecule has 2 aromatic rings. The first kappa shape index (κ1) is 11.9. The Morgan fingerprint density at radius 1 is 1.56 bits per heavy atom. The number of nitrogens with zero attached hydrogens (tertiary/aromatic N) is 2. The van der Waals surface area contributed by atoms with Crippen molar-refractivity contribution in [2.45, 2.75) is 32.7 Å². The van der Waals surface area contributed by atoms with Gasteiger partial charge in [0.2, 0.25) is 5.89 Å². The Balaban J connectivity index is 1.86. The van der Waals surface area contributed by atoms with Gasteiger partial charge in [-0.1, -0.05) is 19.0 Å². The molecule has 0 aromatic carbocycles. The minimum atomic E-state index is 0.0772. The summed E-state index contributed by atoms with van der Waals surface area (Å²) in [6, 6.07) is 2.23. The van der Waals surface area contributed by atoms with E-state index in [2.05, 4.69) is 40.8 Å². The van der Waals surface area contributed by atoms with Gasteiger partial charge in [0.1, 0.15) is 6.04 Å². The number of nitrogens with one attached hydrogen (secondary N) is 1. The van der Waals surface area contributed by atoms with Crippen LogP contribution in [0.3, 0.4) is 0 Å². The van der Waals surface area contributed by atoms with Crippen molar-refractivity contribution in [1.82, 2.24) is 15.5 Å². The number of rotatable bonds is 3. The van der Waals surface area contributed by atoms with Crippen LogP contribution in [0.1, 0.15) is 42.0 Å². The summed E-state index contributed by atoms with van der Waals surface area (Å²) >= 11 is 1.81. The molecule has 18 heavy (non-hydrogen) atoms. The molecule has 1 aliphatic heterocycles. The van der Waals surface area contributed by atoms with Crippen LogP contribution in [-0.4, -0.2) is 16.7 Å². The summed E-state index contributed by atoms with van der Waals surface area (Å²) in [7, 11) is 0. The third-order valence-corrected chi connectivity index (χ3v) is 4.11. The van der Waals surface area contributed by atoms with Gasteiger partial charge in [-0.05, 0) is 29.3 Å². The fraction of sp³-hybridized carbons (Fsp3) is 0.538. The summed E-state index contributed by atoms with van der Waals surface area (Å²) in [6.45, 7) is 5.29. The second-order valence-corrected chi connectivity index (χ2v) is 6.08. The molecule has 0 radical (unpaired) electrons. The van der Waals surface area contributed by atoms with Crippen LogP contribution >= 0.6 is 11.3 Å². The van der Waals surface area contributed by atoms with Gasteiger partial charge in [0.15, 0.2) is 5.82 Å². The summed E-state index contributed by atoms with van der Waals surface area (Å²) in [5.41, 5.74) is 1.30. The summed E-state index contributed by atoms with van der Waals surface area (Å²) in [5.74, 6) is 2.06. The van der Waals surface area contributed by atoms with Crippen LogP contribution < -0.4 is 5.32 Å². The molecular weight excluding hydrogens is 246 g/mol. The van der Waals surface area contributed by atoms with Crippen LogP contribution in [0.15, 0.2) is 16.0 Å². The summed E-state index contributed by atoms with van der Waals surface area (Å²) < 4.78 is 5.41. The van der Waals surface area contributed by atoms with E-state index in [1.807, 2.05) is 11.3 Å². The van der Waals surface area contributed by atoms with E-state index in [0.717, 1.165) is 25.2 Å². The minimum Gasteiger partial charge on any atom is -0.337 e. The van der Waals surface area contributed by atoms with Crippen molar-refractivity contribution in [2.24, 2.45) is 5.92 Å². The van der Waals surface area contributed by atoms with E-state index >= 15 is 0 Å². The highest BCUT2D eigenvalue weighted by molar-refractivity contribution is 7.10. The lowest BCUT2D eigenvalue weighted by atomic mass is 10.0. The predicted octanol–water partition coefficient (Wildman–Crippen LogP) is 2.56. The maximum Gasteiger partial charge on any atom is 0.248 e. The number of aromatic nitrogens is 2. The van der Waals surface area contributed by atoms with E-state index < -0.39 is 0 Å². The molecule has 0 saturated heterocycles. The molecule has 5 heteroatoms. The fourth-order valence-corrected chi connectivity index (χ4v) is 3.22. The lowest BCUT2D eigenvalue weighted by Gasteiger charge is -2.20. The van der Waals surface area contributed by atoms with Crippen molar-refractivity contribution >= 4 is 11.3 Å². The van der Waals surface area contributed by atoms with Crippen LogP contribution in [-0.2, 0) is 12.8 Å². The molecule has 3 heterocycles. The van der Waals surface area contributed by atoms with Crippen LogP contribution in [0, 0.1) is 5.92 Å². The van der Waals surface area contributed by atoms with E-state index in [4.69, 9.17) is 4.52 Å². The molecule has 0 fully saturated rings. The van der Waals surface area contributed by atoms with Gasteiger partial charge in [0.25, 0.3) is 0 Å². The van der Waals surface area contributed by atoms with Gasteiger partial charge in [-0.25, -0.2) is 0 Å². The molecule has 1 unspecified atom stereocenters. The van der Waals surface area contributed by atoms with Gasteiger partial charge < -0.3 is 9.84 Å². The standard InChI is InChI=1S/C13H17N3OS/c1-8(2)7-11-15-13(17-16-11)12-9-4-6-18-10(9)3-5-14-12/h4,6,8,12,14H,3,5,7H2,1-2H3. The summed E-state index contributed by atoms with van der Waals surface area (Å²) in [6.07, 6.45) is 1.96. The monoisotopic (exact) mass is 263 g/mol. The number of thiophene rings is 1. The molecular formula is C13H17N3OS. The lowest BCUT2D eigenvalue weighted by molar-refractivity contribution is 0.340. The first-order chi connectivity index (χ1) is 8.74. The molecule has 4 nitrogen and oxygen atoms in total. The zero-order chi connectivity index (χ0) is 12.5. The third kappa shape index (κ3) is 2.20. The van der Waals surface area contributed by atoms with Crippen LogP contribution in [0.5, 0.6) is 0 Å². The highest BCUT2D eigenvalue weighted by Crippen LogP contribution is 2.31. The zero-order valence-electron chi connectivity index (χ0n) is 10.6. The van der Waals surface area contributed by atoms with E-state index in [-0.39, 0.29) is 6.04 Å². The molecule has 96 valence electrons. The average molecular weight is 263 g/mol. The zero-order valence-corrected chi connectivity index (χ0v) is 11.5. The van der Waals surface area contributed by atoms with Gasteiger partial charge in [-0.3, -0.25) is 0 Å². The maximum absolute atomic E-state index is 5.41. The fourth-order valence-electron chi connectivity index (χ4n) is 2.30. The van der Waals surface area contributed by atoms with Crippen molar-refractivity contribution in [3.8, 4) is 0 Å². The second kappa shape index (κ2) is 4.82. The Morgan fingerprint density at radius 2 is 2.44 bits per heavy atom. The van der Waals surface area contributed by atoms with Crippen molar-refractivity contribution in [2.75, 3.05) is 6.54 Å². The van der Waals surface area contributed by atoms with E-state index in [0.29, 0.717) is 11.8 Å². The largest absolute Gasteiger partial charge is 0.337 e. The smallest absolute Gasteiger partial charge is 0.248 e. The van der Waals surface area contributed by atoms with Gasteiger partial charge in [-0.15, -0.1) is 11.3 Å². The Morgan fingerprint density at radius 3 is 3.28 bits per heavy atom. The van der Waals surface area contributed by atoms with Crippen molar-refractivity contribution in [3.63, 3.8) is 0 Å². The van der Waals surface area contributed by atoms with E-state index in [9.17, 15) is 0 Å². The molecule has 0 spiro atoms. The average Bonchev–Trinajstić information content (AvgIpc) is 2.95. The van der Waals surface area contributed by atoms with Gasteiger partial charge in [0.05, 0.1) is 0 Å². The van der Waals surface area contributed by atoms with Crippen molar-refractivity contribution < 1.29 is 4.52 Å². The normalized spacial score (nSPS) is 19.2. The SMILES string of the molecule is CC(C)Cc1noc(C2NCCc3sccc32)n1. The molecule has 0 bridgehead atoms. The highest BCUT2D eigenvalue weighted by Gasteiger charge is 2.27. The Hall–Kier alpha value is -1.20. The number of hydrogen-bond donors (Lipinski definition) is 1. The molecule has 1 aliphatic rings. The third-order valence-electron chi connectivity index (χ3n) is 3.11. The molecule has 0 aliphatic carbocycles. The Bertz CT molecular complexity index is 532. The van der Waals surface area contributed by atoms with Gasteiger partial charge in [0, 0.05) is 17.8 Å². The minimum absolute atomic E-state index is 0.0772. The molecule has 3 rings (SSSR count). The molecule has 1 N–H and O–H groups in total. The van der Waals surface area contributed by atoms with Crippen molar-refractivity contribution in [1.29, 1.82) is 0 Å². The first-order valence-corrected chi connectivity index (χ1v) is 7.24. The predicted molar refractivity (Wildman–Crippen MR) is 70.7 cm³/mol. The first-order valence-electron chi connectivity index (χ1n) is 6.36. The maximum atomic E-state index is 5.41. The molecule has 0 saturated carbocycles. The van der Waals surface area contributed by atoms with Crippen molar-refractivity contribution in [3.05, 3.63) is 33.6 Å². The quantitative estimate of drug-likeness (QED) is 0.924. The number of fused-ring (bicyclic) bond motifs is 1. The Labute approximate surface area is 110 Å². The lowest BCUT2D eigenvalue weighted by Crippen LogP contribution is -2.29. The molecule has 1 atom stereocenters. The van der Waals surface area contributed by atoms with Crippen LogP contribution in [0.2, 0.25) is 0 Å². The van der Waals surface area contributed by atoms with E-state index in [1.165, 1.54) is 10.4 Å². The van der Waals surface area contributed by atoms with Gasteiger partial charge >= 0.3 is 0 Å².